The van der Waals surface area contributed by atoms with Crippen molar-refractivity contribution in [3.05, 3.63) is 23.8 Å². The second-order valence-electron chi connectivity index (χ2n) is 4.28. The van der Waals surface area contributed by atoms with Gasteiger partial charge >= 0.3 is 5.97 Å². The van der Waals surface area contributed by atoms with E-state index in [4.69, 9.17) is 9.47 Å². The molecule has 1 amide bonds. The molecule has 1 aromatic carbocycles. The number of esters is 1. The van der Waals surface area contributed by atoms with Crippen LogP contribution in [0.3, 0.4) is 0 Å². The summed E-state index contributed by atoms with van der Waals surface area (Å²) in [6.45, 7) is 1.99. The van der Waals surface area contributed by atoms with Gasteiger partial charge in [0.25, 0.3) is 5.91 Å². The Bertz CT molecular complexity index is 552. The van der Waals surface area contributed by atoms with E-state index >= 15 is 0 Å². The average molecular weight is 277 g/mol. The zero-order valence-corrected chi connectivity index (χ0v) is 11.1. The predicted molar refractivity (Wildman–Crippen MR) is 70.8 cm³/mol. The van der Waals surface area contributed by atoms with Crippen LogP contribution in [0.2, 0.25) is 0 Å². The second kappa shape index (κ2) is 6.18. The van der Waals surface area contributed by atoms with Crippen LogP contribution in [0.5, 0.6) is 5.75 Å². The van der Waals surface area contributed by atoms with Crippen molar-refractivity contribution in [1.82, 2.24) is 0 Å². The summed E-state index contributed by atoms with van der Waals surface area (Å²) in [5.74, 6) is -0.295. The summed E-state index contributed by atoms with van der Waals surface area (Å²) in [4.78, 5) is 34.4. The van der Waals surface area contributed by atoms with E-state index in [0.29, 0.717) is 23.6 Å². The van der Waals surface area contributed by atoms with Crippen molar-refractivity contribution < 1.29 is 23.9 Å². The number of carbonyl (C=O) groups is 3. The molecule has 0 atom stereocenters. The number of fused-ring (bicyclic) bond motifs is 1. The largest absolute Gasteiger partial charge is 0.482 e. The summed E-state index contributed by atoms with van der Waals surface area (Å²) >= 11 is 0. The van der Waals surface area contributed by atoms with Crippen LogP contribution in [0, 0.1) is 0 Å². The summed E-state index contributed by atoms with van der Waals surface area (Å²) in [6.07, 6.45) is 0.124. The predicted octanol–water partition coefficient (Wildman–Crippen LogP) is 1.54. The molecule has 0 bridgehead atoms. The zero-order valence-electron chi connectivity index (χ0n) is 11.1. The molecule has 1 heterocycles. The highest BCUT2D eigenvalue weighted by atomic mass is 16.5. The molecule has 1 aromatic rings. The van der Waals surface area contributed by atoms with Gasteiger partial charge in [-0.3, -0.25) is 14.4 Å². The van der Waals surface area contributed by atoms with Crippen molar-refractivity contribution in [2.75, 3.05) is 18.5 Å². The van der Waals surface area contributed by atoms with Crippen LogP contribution in [-0.4, -0.2) is 30.9 Å². The Labute approximate surface area is 116 Å². The Kier molecular flexibility index (Phi) is 4.34. The Morgan fingerprint density at radius 3 is 2.90 bits per heavy atom. The van der Waals surface area contributed by atoms with Gasteiger partial charge in [-0.1, -0.05) is 0 Å². The van der Waals surface area contributed by atoms with Crippen LogP contribution in [0.1, 0.15) is 30.1 Å². The maximum absolute atomic E-state index is 12.0. The van der Waals surface area contributed by atoms with Crippen molar-refractivity contribution in [3.8, 4) is 5.75 Å². The molecule has 0 aromatic heterocycles. The van der Waals surface area contributed by atoms with E-state index in [1.54, 1.807) is 25.1 Å². The van der Waals surface area contributed by atoms with Gasteiger partial charge in [-0.15, -0.1) is 0 Å². The monoisotopic (exact) mass is 277 g/mol. The number of ketones is 1. The highest BCUT2D eigenvalue weighted by Gasteiger charge is 2.18. The molecule has 20 heavy (non-hydrogen) atoms. The highest BCUT2D eigenvalue weighted by Crippen LogP contribution is 2.28. The highest BCUT2D eigenvalue weighted by molar-refractivity contribution is 6.01. The van der Waals surface area contributed by atoms with Gasteiger partial charge in [0.15, 0.2) is 12.4 Å². The minimum absolute atomic E-state index is 0.0247. The van der Waals surface area contributed by atoms with Gasteiger partial charge < -0.3 is 14.8 Å². The van der Waals surface area contributed by atoms with Gasteiger partial charge in [-0.25, -0.2) is 0 Å². The van der Waals surface area contributed by atoms with Gasteiger partial charge in [0.2, 0.25) is 0 Å². The van der Waals surface area contributed by atoms with Crippen LogP contribution in [0.25, 0.3) is 0 Å². The second-order valence-corrected chi connectivity index (χ2v) is 4.28. The van der Waals surface area contributed by atoms with Crippen molar-refractivity contribution >= 4 is 23.3 Å². The third-order valence-corrected chi connectivity index (χ3v) is 2.80. The van der Waals surface area contributed by atoms with Gasteiger partial charge in [0, 0.05) is 12.0 Å². The number of Topliss-reactive ketones (excluding diaryl/α,β-unsaturated/α-hetero) is 1. The molecule has 1 N–H and O–H groups in total. The van der Waals surface area contributed by atoms with Crippen LogP contribution in [0.15, 0.2) is 18.2 Å². The number of anilines is 1. The molecule has 2 rings (SSSR count). The lowest BCUT2D eigenvalue weighted by molar-refractivity contribution is -0.143. The maximum Gasteiger partial charge on any atom is 0.306 e. The fourth-order valence-corrected chi connectivity index (χ4v) is 1.85. The Morgan fingerprint density at radius 1 is 1.35 bits per heavy atom. The van der Waals surface area contributed by atoms with E-state index in [9.17, 15) is 14.4 Å². The molecule has 0 spiro atoms. The Hall–Kier alpha value is -2.37. The molecule has 0 saturated heterocycles. The third-order valence-electron chi connectivity index (χ3n) is 2.80. The van der Waals surface area contributed by atoms with Crippen LogP contribution < -0.4 is 10.1 Å². The lowest BCUT2D eigenvalue weighted by Gasteiger charge is -2.18. The molecule has 6 nitrogen and oxygen atoms in total. The summed E-state index contributed by atoms with van der Waals surface area (Å²) in [5.41, 5.74) is 0.905. The van der Waals surface area contributed by atoms with E-state index in [0.717, 1.165) is 0 Å². The van der Waals surface area contributed by atoms with Crippen molar-refractivity contribution in [2.45, 2.75) is 19.8 Å². The number of carbonyl (C=O) groups excluding carboxylic acids is 3. The van der Waals surface area contributed by atoms with Gasteiger partial charge in [-0.2, -0.15) is 0 Å². The lowest BCUT2D eigenvalue weighted by atomic mass is 10.1. The van der Waals surface area contributed by atoms with Gasteiger partial charge in [0.05, 0.1) is 18.7 Å². The lowest BCUT2D eigenvalue weighted by Crippen LogP contribution is -2.25. The normalized spacial score (nSPS) is 12.9. The molecule has 1 aliphatic rings. The van der Waals surface area contributed by atoms with Crippen LogP contribution >= 0.6 is 0 Å². The standard InChI is InChI=1S/C14H15NO5/c1-2-19-14(18)6-4-11(16)9-3-5-12-10(7-9)15-13(17)8-20-12/h3,5,7H,2,4,6,8H2,1H3,(H,15,17). The number of hydrogen-bond acceptors (Lipinski definition) is 5. The summed E-state index contributed by atoms with van der Waals surface area (Å²) in [5, 5.41) is 2.63. The first-order valence-corrected chi connectivity index (χ1v) is 6.35. The first-order valence-electron chi connectivity index (χ1n) is 6.35. The minimum Gasteiger partial charge on any atom is -0.482 e. The summed E-state index contributed by atoms with van der Waals surface area (Å²) in [6, 6.07) is 4.80. The van der Waals surface area contributed by atoms with Crippen molar-refractivity contribution in [1.29, 1.82) is 0 Å². The van der Waals surface area contributed by atoms with Crippen LogP contribution in [0.4, 0.5) is 5.69 Å². The van der Waals surface area contributed by atoms with E-state index in [1.165, 1.54) is 0 Å². The Morgan fingerprint density at radius 2 is 2.15 bits per heavy atom. The van der Waals surface area contributed by atoms with E-state index in [1.807, 2.05) is 0 Å². The van der Waals surface area contributed by atoms with Gasteiger partial charge in [0.1, 0.15) is 5.75 Å². The summed E-state index contributed by atoms with van der Waals surface area (Å²) in [7, 11) is 0. The molecule has 0 aliphatic carbocycles. The molecular weight excluding hydrogens is 262 g/mol. The van der Waals surface area contributed by atoms with E-state index in [-0.39, 0.29) is 31.1 Å². The first-order chi connectivity index (χ1) is 9.60. The third kappa shape index (κ3) is 3.34. The maximum atomic E-state index is 12.0. The van der Waals surface area contributed by atoms with E-state index < -0.39 is 5.97 Å². The average Bonchev–Trinajstić information content (AvgIpc) is 2.44. The summed E-state index contributed by atoms with van der Waals surface area (Å²) < 4.78 is 9.97. The fraction of sp³-hybridized carbons (Fsp3) is 0.357. The van der Waals surface area contributed by atoms with Gasteiger partial charge in [-0.05, 0) is 25.1 Å². The molecule has 0 radical (unpaired) electrons. The fourth-order valence-electron chi connectivity index (χ4n) is 1.85. The smallest absolute Gasteiger partial charge is 0.306 e. The quantitative estimate of drug-likeness (QED) is 0.652. The van der Waals surface area contributed by atoms with Crippen molar-refractivity contribution in [3.63, 3.8) is 0 Å². The number of ether oxygens (including phenoxy) is 2. The number of benzene rings is 1. The zero-order chi connectivity index (χ0) is 14.5. The number of amides is 1. The molecule has 1 aliphatic heterocycles. The molecule has 106 valence electrons. The molecule has 0 fully saturated rings. The van der Waals surface area contributed by atoms with E-state index in [2.05, 4.69) is 5.32 Å². The molecule has 6 heteroatoms. The topological polar surface area (TPSA) is 81.7 Å². The molecule has 0 saturated carbocycles. The van der Waals surface area contributed by atoms with Crippen LogP contribution in [-0.2, 0) is 14.3 Å². The number of nitrogens with one attached hydrogen (secondary N) is 1. The number of hydrogen-bond donors (Lipinski definition) is 1. The minimum atomic E-state index is -0.393. The molecular formula is C14H15NO5. The number of rotatable bonds is 5. The SMILES string of the molecule is CCOC(=O)CCC(=O)c1ccc2c(c1)NC(=O)CO2. The molecule has 0 unspecified atom stereocenters. The van der Waals surface area contributed by atoms with Crippen molar-refractivity contribution in [2.24, 2.45) is 0 Å². The Balaban J connectivity index is 2.02. The first kappa shape index (κ1) is 14.0.